The Labute approximate surface area is 128 Å². The first kappa shape index (κ1) is 16.4. The predicted molar refractivity (Wildman–Crippen MR) is 78.8 cm³/mol. The van der Waals surface area contributed by atoms with E-state index in [1.54, 1.807) is 13.8 Å². The minimum atomic E-state index is -3.80. The highest BCUT2D eigenvalue weighted by Gasteiger charge is 2.38. The number of hydrogen-bond donors (Lipinski definition) is 1. The first-order chi connectivity index (χ1) is 10.2. The van der Waals surface area contributed by atoms with Gasteiger partial charge in [0, 0.05) is 19.2 Å². The van der Waals surface area contributed by atoms with E-state index in [-0.39, 0.29) is 31.0 Å². The molecule has 2 heterocycles. The van der Waals surface area contributed by atoms with Gasteiger partial charge in [0.05, 0.1) is 23.6 Å². The lowest BCUT2D eigenvalue weighted by Gasteiger charge is -2.19. The molecule has 1 fully saturated rings. The number of nitrogens with two attached hydrogens (primary N) is 1. The standard InChI is InChI=1S/C13H17N3O5S/c1-3-21-13(18)9-4-11(8(2)15-6-9)16-7-10(5-12(16)17)22(14,19)20/h4,6,10H,3,5,7H2,1-2H3,(H2,14,19,20). The zero-order valence-corrected chi connectivity index (χ0v) is 13.1. The molecular weight excluding hydrogens is 310 g/mol. The van der Waals surface area contributed by atoms with Crippen LogP contribution in [0.15, 0.2) is 12.3 Å². The Morgan fingerprint density at radius 2 is 2.23 bits per heavy atom. The van der Waals surface area contributed by atoms with Gasteiger partial charge >= 0.3 is 5.97 Å². The summed E-state index contributed by atoms with van der Waals surface area (Å²) in [4.78, 5) is 29.2. The van der Waals surface area contributed by atoms with Gasteiger partial charge < -0.3 is 9.64 Å². The van der Waals surface area contributed by atoms with Crippen molar-refractivity contribution in [1.82, 2.24) is 4.98 Å². The number of nitrogens with zero attached hydrogens (tertiary/aromatic N) is 2. The lowest BCUT2D eigenvalue weighted by atomic mass is 10.2. The van der Waals surface area contributed by atoms with E-state index in [4.69, 9.17) is 9.88 Å². The van der Waals surface area contributed by atoms with Crippen LogP contribution in [-0.4, -0.2) is 43.7 Å². The molecule has 0 aliphatic carbocycles. The van der Waals surface area contributed by atoms with Gasteiger partial charge in [-0.05, 0) is 19.9 Å². The Bertz CT molecular complexity index is 716. The summed E-state index contributed by atoms with van der Waals surface area (Å²) in [5.41, 5.74) is 1.10. The van der Waals surface area contributed by atoms with Crippen LogP contribution in [0, 0.1) is 6.92 Å². The zero-order valence-electron chi connectivity index (χ0n) is 12.3. The van der Waals surface area contributed by atoms with Crippen molar-refractivity contribution in [3.8, 4) is 0 Å². The second-order valence-electron chi connectivity index (χ2n) is 4.97. The van der Waals surface area contributed by atoms with Crippen molar-refractivity contribution in [1.29, 1.82) is 0 Å². The van der Waals surface area contributed by atoms with E-state index in [1.807, 2.05) is 0 Å². The molecule has 1 aromatic rings. The maximum absolute atomic E-state index is 12.1. The van der Waals surface area contributed by atoms with E-state index in [9.17, 15) is 18.0 Å². The van der Waals surface area contributed by atoms with Crippen molar-refractivity contribution >= 4 is 27.6 Å². The Morgan fingerprint density at radius 1 is 1.55 bits per heavy atom. The Kier molecular flexibility index (Phi) is 4.47. The monoisotopic (exact) mass is 327 g/mol. The van der Waals surface area contributed by atoms with Crippen LogP contribution in [0.25, 0.3) is 0 Å². The molecule has 120 valence electrons. The van der Waals surface area contributed by atoms with Gasteiger partial charge in [0.25, 0.3) is 0 Å². The number of sulfonamides is 1. The average molecular weight is 327 g/mol. The molecule has 1 amide bonds. The van der Waals surface area contributed by atoms with Crippen molar-refractivity contribution in [2.45, 2.75) is 25.5 Å². The molecular formula is C13H17N3O5S. The number of rotatable bonds is 4. The van der Waals surface area contributed by atoms with Gasteiger partial charge in [0.1, 0.15) is 5.25 Å². The van der Waals surface area contributed by atoms with E-state index in [2.05, 4.69) is 4.98 Å². The maximum Gasteiger partial charge on any atom is 0.339 e. The molecule has 0 saturated carbocycles. The highest BCUT2D eigenvalue weighted by Crippen LogP contribution is 2.27. The fraction of sp³-hybridized carbons (Fsp3) is 0.462. The number of primary sulfonamides is 1. The van der Waals surface area contributed by atoms with E-state index in [1.165, 1.54) is 17.2 Å². The van der Waals surface area contributed by atoms with Crippen LogP contribution in [0.3, 0.4) is 0 Å². The fourth-order valence-electron chi connectivity index (χ4n) is 2.25. The summed E-state index contributed by atoms with van der Waals surface area (Å²) in [6, 6.07) is 1.48. The van der Waals surface area contributed by atoms with Gasteiger partial charge in [-0.25, -0.2) is 18.4 Å². The van der Waals surface area contributed by atoms with Gasteiger partial charge in [-0.2, -0.15) is 0 Å². The number of pyridine rings is 1. The fourth-order valence-corrected chi connectivity index (χ4v) is 2.98. The van der Waals surface area contributed by atoms with E-state index in [0.717, 1.165) is 0 Å². The first-order valence-electron chi connectivity index (χ1n) is 6.69. The van der Waals surface area contributed by atoms with Crippen LogP contribution < -0.4 is 10.0 Å². The number of esters is 1. The van der Waals surface area contributed by atoms with E-state index < -0.39 is 21.2 Å². The normalized spacial score (nSPS) is 18.6. The minimum Gasteiger partial charge on any atom is -0.462 e. The van der Waals surface area contributed by atoms with E-state index >= 15 is 0 Å². The van der Waals surface area contributed by atoms with Crippen LogP contribution in [0.5, 0.6) is 0 Å². The molecule has 2 N–H and O–H groups in total. The topological polar surface area (TPSA) is 120 Å². The molecule has 1 aromatic heterocycles. The molecule has 8 nitrogen and oxygen atoms in total. The van der Waals surface area contributed by atoms with E-state index in [0.29, 0.717) is 11.4 Å². The van der Waals surface area contributed by atoms with Gasteiger partial charge in [-0.3, -0.25) is 9.78 Å². The second-order valence-corrected chi connectivity index (χ2v) is 6.81. The smallest absolute Gasteiger partial charge is 0.339 e. The molecule has 1 atom stereocenters. The van der Waals surface area contributed by atoms with Crippen molar-refractivity contribution < 1.29 is 22.7 Å². The van der Waals surface area contributed by atoms with Crippen LogP contribution in [0.2, 0.25) is 0 Å². The summed E-state index contributed by atoms with van der Waals surface area (Å²) in [7, 11) is -3.80. The summed E-state index contributed by atoms with van der Waals surface area (Å²) >= 11 is 0. The highest BCUT2D eigenvalue weighted by atomic mass is 32.2. The molecule has 2 rings (SSSR count). The zero-order chi connectivity index (χ0) is 16.5. The Morgan fingerprint density at radius 3 is 2.77 bits per heavy atom. The molecule has 0 aromatic carbocycles. The Hall–Kier alpha value is -2.00. The second kappa shape index (κ2) is 6.01. The van der Waals surface area contributed by atoms with Crippen LogP contribution in [0.4, 0.5) is 5.69 Å². The summed E-state index contributed by atoms with van der Waals surface area (Å²) < 4.78 is 27.7. The molecule has 1 unspecified atom stereocenters. The lowest BCUT2D eigenvalue weighted by Crippen LogP contribution is -2.32. The summed E-state index contributed by atoms with van der Waals surface area (Å²) in [5.74, 6) is -0.921. The largest absolute Gasteiger partial charge is 0.462 e. The number of hydrogen-bond acceptors (Lipinski definition) is 6. The molecule has 1 saturated heterocycles. The number of amides is 1. The van der Waals surface area contributed by atoms with Gasteiger partial charge in [-0.15, -0.1) is 0 Å². The molecule has 1 aliphatic rings. The molecule has 9 heteroatoms. The molecule has 0 radical (unpaired) electrons. The third kappa shape index (κ3) is 3.25. The summed E-state index contributed by atoms with van der Waals surface area (Å²) in [6.07, 6.45) is 1.18. The van der Waals surface area contributed by atoms with Crippen LogP contribution in [0.1, 0.15) is 29.4 Å². The third-order valence-corrected chi connectivity index (χ3v) is 4.66. The first-order valence-corrected chi connectivity index (χ1v) is 8.30. The highest BCUT2D eigenvalue weighted by molar-refractivity contribution is 7.89. The Balaban J connectivity index is 2.34. The third-order valence-electron chi connectivity index (χ3n) is 3.42. The molecule has 0 bridgehead atoms. The SMILES string of the molecule is CCOC(=O)c1cnc(C)c(N2CC(S(N)(=O)=O)CC2=O)c1. The number of aromatic nitrogens is 1. The summed E-state index contributed by atoms with van der Waals surface area (Å²) in [5, 5.41) is 4.15. The van der Waals surface area contributed by atoms with Crippen molar-refractivity contribution in [3.63, 3.8) is 0 Å². The number of carbonyl (C=O) groups excluding carboxylic acids is 2. The lowest BCUT2D eigenvalue weighted by molar-refractivity contribution is -0.117. The summed E-state index contributed by atoms with van der Waals surface area (Å²) in [6.45, 7) is 3.52. The predicted octanol–water partition coefficient (Wildman–Crippen LogP) is -0.0395. The van der Waals surface area contributed by atoms with Crippen molar-refractivity contribution in [3.05, 3.63) is 23.5 Å². The quantitative estimate of drug-likeness (QED) is 0.775. The number of carbonyl (C=O) groups is 2. The van der Waals surface area contributed by atoms with Crippen molar-refractivity contribution in [2.24, 2.45) is 5.14 Å². The average Bonchev–Trinajstić information content (AvgIpc) is 2.81. The van der Waals surface area contributed by atoms with Crippen LogP contribution in [-0.2, 0) is 19.6 Å². The van der Waals surface area contributed by atoms with Gasteiger partial charge in [0.2, 0.25) is 15.9 Å². The van der Waals surface area contributed by atoms with Crippen molar-refractivity contribution in [2.75, 3.05) is 18.1 Å². The van der Waals surface area contributed by atoms with Crippen LogP contribution >= 0.6 is 0 Å². The molecule has 22 heavy (non-hydrogen) atoms. The molecule has 1 aliphatic heterocycles. The minimum absolute atomic E-state index is 0.0491. The number of aryl methyl sites for hydroxylation is 1. The van der Waals surface area contributed by atoms with Gasteiger partial charge in [0.15, 0.2) is 0 Å². The maximum atomic E-state index is 12.1. The number of ether oxygens (including phenoxy) is 1. The van der Waals surface area contributed by atoms with Gasteiger partial charge in [-0.1, -0.05) is 0 Å². The molecule has 0 spiro atoms. The number of anilines is 1.